The standard InChI is InChI=1S/C17H16ClFN4O/c18-14-7-10(1-2-15(14)19)8-16(23-24)12-4-6-21-17-13(12)9-11(22-17)3-5-20/h1-2,4,6-7,24H,3,5,8-9,20H2/b23-16+. The van der Waals surface area contributed by atoms with Crippen LogP contribution >= 0.6 is 11.6 Å². The fraction of sp³-hybridized carbons (Fsp3) is 0.235. The van der Waals surface area contributed by atoms with E-state index in [0.717, 1.165) is 22.4 Å². The molecule has 7 heteroatoms. The Bertz CT molecular complexity index is 835. The molecular weight excluding hydrogens is 331 g/mol. The number of nitrogens with two attached hydrogens (primary N) is 1. The Balaban J connectivity index is 1.89. The van der Waals surface area contributed by atoms with Gasteiger partial charge in [0.25, 0.3) is 0 Å². The Labute approximate surface area is 143 Å². The topological polar surface area (TPSA) is 83.9 Å². The quantitative estimate of drug-likeness (QED) is 0.495. The molecule has 0 bridgehead atoms. The van der Waals surface area contributed by atoms with E-state index in [-0.39, 0.29) is 5.02 Å². The summed E-state index contributed by atoms with van der Waals surface area (Å²) in [5.41, 5.74) is 9.46. The molecule has 0 fully saturated rings. The highest BCUT2D eigenvalue weighted by atomic mass is 35.5. The average Bonchev–Trinajstić information content (AvgIpc) is 2.99. The number of nitrogens with zero attached hydrogens (tertiary/aromatic N) is 3. The molecule has 5 nitrogen and oxygen atoms in total. The molecule has 0 unspecified atom stereocenters. The molecular formula is C17H16ClFN4O. The van der Waals surface area contributed by atoms with E-state index in [2.05, 4.69) is 15.1 Å². The first-order valence-electron chi connectivity index (χ1n) is 7.52. The average molecular weight is 347 g/mol. The first kappa shape index (κ1) is 16.5. The zero-order valence-electron chi connectivity index (χ0n) is 12.8. The van der Waals surface area contributed by atoms with Crippen LogP contribution in [0.4, 0.5) is 10.2 Å². The summed E-state index contributed by atoms with van der Waals surface area (Å²) in [4.78, 5) is 8.74. The van der Waals surface area contributed by atoms with Gasteiger partial charge in [0.2, 0.25) is 0 Å². The number of hydrogen-bond acceptors (Lipinski definition) is 5. The molecule has 0 spiro atoms. The molecule has 2 aromatic rings. The second-order valence-electron chi connectivity index (χ2n) is 5.53. The summed E-state index contributed by atoms with van der Waals surface area (Å²) in [6.45, 7) is 0.525. The van der Waals surface area contributed by atoms with E-state index in [1.54, 1.807) is 18.3 Å². The van der Waals surface area contributed by atoms with Crippen molar-refractivity contribution in [3.63, 3.8) is 0 Å². The van der Waals surface area contributed by atoms with Crippen LogP contribution in [0.3, 0.4) is 0 Å². The maximum Gasteiger partial charge on any atom is 0.155 e. The third-order valence-corrected chi connectivity index (χ3v) is 4.19. The molecule has 0 aliphatic carbocycles. The zero-order valence-corrected chi connectivity index (χ0v) is 13.6. The lowest BCUT2D eigenvalue weighted by molar-refractivity contribution is 0.318. The van der Waals surface area contributed by atoms with Crippen molar-refractivity contribution in [1.29, 1.82) is 0 Å². The monoisotopic (exact) mass is 346 g/mol. The molecule has 0 radical (unpaired) electrons. The minimum atomic E-state index is -0.479. The van der Waals surface area contributed by atoms with Crippen molar-refractivity contribution >= 4 is 28.8 Å². The molecule has 1 aliphatic rings. The number of aliphatic imine (C=N–C) groups is 1. The van der Waals surface area contributed by atoms with E-state index in [1.165, 1.54) is 12.1 Å². The number of aromatic nitrogens is 1. The number of hydrogen-bond donors (Lipinski definition) is 2. The van der Waals surface area contributed by atoms with E-state index in [9.17, 15) is 9.60 Å². The van der Waals surface area contributed by atoms with Gasteiger partial charge in [0.1, 0.15) is 5.82 Å². The predicted molar refractivity (Wildman–Crippen MR) is 92.1 cm³/mol. The first-order valence-corrected chi connectivity index (χ1v) is 7.89. The summed E-state index contributed by atoms with van der Waals surface area (Å²) in [5, 5.41) is 12.9. The Morgan fingerprint density at radius 2 is 2.21 bits per heavy atom. The molecule has 1 aliphatic heterocycles. The minimum Gasteiger partial charge on any atom is -0.411 e. The smallest absolute Gasteiger partial charge is 0.155 e. The van der Waals surface area contributed by atoms with Gasteiger partial charge in [0, 0.05) is 35.9 Å². The molecule has 2 heterocycles. The van der Waals surface area contributed by atoms with Crippen molar-refractivity contribution in [1.82, 2.24) is 4.98 Å². The van der Waals surface area contributed by atoms with Crippen LogP contribution in [0.2, 0.25) is 5.02 Å². The van der Waals surface area contributed by atoms with Gasteiger partial charge >= 0.3 is 0 Å². The summed E-state index contributed by atoms with van der Waals surface area (Å²) in [5.74, 6) is 0.154. The number of fused-ring (bicyclic) bond motifs is 1. The van der Waals surface area contributed by atoms with Gasteiger partial charge in [-0.3, -0.25) is 0 Å². The van der Waals surface area contributed by atoms with Crippen molar-refractivity contribution in [3.8, 4) is 0 Å². The summed E-state index contributed by atoms with van der Waals surface area (Å²) < 4.78 is 13.3. The van der Waals surface area contributed by atoms with Crippen molar-refractivity contribution in [2.75, 3.05) is 6.54 Å². The first-order chi connectivity index (χ1) is 11.6. The van der Waals surface area contributed by atoms with Crippen LogP contribution in [-0.2, 0) is 12.8 Å². The molecule has 0 saturated heterocycles. The Morgan fingerprint density at radius 1 is 1.38 bits per heavy atom. The van der Waals surface area contributed by atoms with Crippen LogP contribution < -0.4 is 5.73 Å². The third-order valence-electron chi connectivity index (χ3n) is 3.90. The van der Waals surface area contributed by atoms with Crippen LogP contribution in [0.1, 0.15) is 23.1 Å². The van der Waals surface area contributed by atoms with E-state index in [1.807, 2.05) is 0 Å². The van der Waals surface area contributed by atoms with E-state index >= 15 is 0 Å². The fourth-order valence-corrected chi connectivity index (χ4v) is 2.96. The van der Waals surface area contributed by atoms with Gasteiger partial charge in [0.05, 0.1) is 10.7 Å². The van der Waals surface area contributed by atoms with Crippen LogP contribution in [-0.4, -0.2) is 28.2 Å². The lowest BCUT2D eigenvalue weighted by atomic mass is 9.96. The SMILES string of the molecule is NCCC1=Nc2nccc(/C(Cc3ccc(F)c(Cl)c3)=N/O)c2C1. The Morgan fingerprint density at radius 3 is 2.92 bits per heavy atom. The van der Waals surface area contributed by atoms with Crippen molar-refractivity contribution in [3.05, 3.63) is 58.0 Å². The van der Waals surface area contributed by atoms with Gasteiger partial charge in [-0.2, -0.15) is 0 Å². The fourth-order valence-electron chi connectivity index (χ4n) is 2.75. The summed E-state index contributed by atoms with van der Waals surface area (Å²) in [7, 11) is 0. The van der Waals surface area contributed by atoms with Crippen LogP contribution in [0.15, 0.2) is 40.6 Å². The van der Waals surface area contributed by atoms with Gasteiger partial charge in [0.15, 0.2) is 5.82 Å². The van der Waals surface area contributed by atoms with Crippen LogP contribution in [0, 0.1) is 5.82 Å². The third kappa shape index (κ3) is 3.29. The van der Waals surface area contributed by atoms with Crippen molar-refractivity contribution in [2.45, 2.75) is 19.3 Å². The lowest BCUT2D eigenvalue weighted by Gasteiger charge is -2.10. The maximum absolute atomic E-state index is 13.3. The Hall–Kier alpha value is -2.31. The van der Waals surface area contributed by atoms with E-state index in [4.69, 9.17) is 17.3 Å². The minimum absolute atomic E-state index is 0.0401. The molecule has 24 heavy (non-hydrogen) atoms. The Kier molecular flexibility index (Phi) is 4.87. The highest BCUT2D eigenvalue weighted by molar-refractivity contribution is 6.30. The van der Waals surface area contributed by atoms with Crippen molar-refractivity contribution < 1.29 is 9.60 Å². The van der Waals surface area contributed by atoms with Gasteiger partial charge < -0.3 is 10.9 Å². The normalized spacial score (nSPS) is 13.8. The van der Waals surface area contributed by atoms with Crippen LogP contribution in [0.5, 0.6) is 0 Å². The summed E-state index contributed by atoms with van der Waals surface area (Å²) in [6.07, 6.45) is 3.29. The van der Waals surface area contributed by atoms with Gasteiger partial charge in [-0.25, -0.2) is 14.4 Å². The molecule has 0 amide bonds. The lowest BCUT2D eigenvalue weighted by Crippen LogP contribution is -2.12. The molecule has 1 aromatic heterocycles. The second-order valence-corrected chi connectivity index (χ2v) is 5.93. The number of halogens is 2. The van der Waals surface area contributed by atoms with E-state index < -0.39 is 5.82 Å². The summed E-state index contributed by atoms with van der Waals surface area (Å²) in [6, 6.07) is 6.23. The highest BCUT2D eigenvalue weighted by Gasteiger charge is 2.21. The molecule has 0 atom stereocenters. The molecule has 1 aromatic carbocycles. The highest BCUT2D eigenvalue weighted by Crippen LogP contribution is 2.29. The zero-order chi connectivity index (χ0) is 17.1. The van der Waals surface area contributed by atoms with Gasteiger partial charge in [-0.05, 0) is 36.7 Å². The van der Waals surface area contributed by atoms with Crippen molar-refractivity contribution in [2.24, 2.45) is 15.9 Å². The van der Waals surface area contributed by atoms with Gasteiger partial charge in [-0.15, -0.1) is 0 Å². The molecule has 3 N–H and O–H groups in total. The molecule has 3 rings (SSSR count). The predicted octanol–water partition coefficient (Wildman–Crippen LogP) is 3.27. The van der Waals surface area contributed by atoms with Crippen LogP contribution in [0.25, 0.3) is 0 Å². The number of benzene rings is 1. The second kappa shape index (κ2) is 7.07. The summed E-state index contributed by atoms with van der Waals surface area (Å²) >= 11 is 5.82. The molecule has 124 valence electrons. The number of oxime groups is 1. The number of pyridine rings is 1. The van der Waals surface area contributed by atoms with Gasteiger partial charge in [-0.1, -0.05) is 22.8 Å². The largest absolute Gasteiger partial charge is 0.411 e. The number of rotatable bonds is 5. The van der Waals surface area contributed by atoms with E-state index in [0.29, 0.717) is 37.3 Å². The maximum atomic E-state index is 13.3. The molecule has 0 saturated carbocycles.